The Bertz CT molecular complexity index is 99.0. The van der Waals surface area contributed by atoms with Gasteiger partial charge in [-0.3, -0.25) is 4.99 Å². The largest absolute Gasteiger partial charge is 0.315 e. The van der Waals surface area contributed by atoms with Crippen molar-refractivity contribution in [1.82, 2.24) is 5.43 Å². The topological polar surface area (TPSA) is 50.4 Å². The fourth-order valence-corrected chi connectivity index (χ4v) is 0.888. The zero-order valence-corrected chi connectivity index (χ0v) is 6.96. The van der Waals surface area contributed by atoms with Crippen LogP contribution in [0, 0.1) is 5.92 Å². The Morgan fingerprint density at radius 1 is 1.60 bits per heavy atom. The predicted octanol–water partition coefficient (Wildman–Crippen LogP) is 0.913. The molecule has 0 rings (SSSR count). The monoisotopic (exact) mass is 143 g/mol. The molecule has 0 fully saturated rings. The fraction of sp³-hybridized carbons (Fsp3) is 0.857. The van der Waals surface area contributed by atoms with E-state index in [4.69, 9.17) is 5.84 Å². The third-order valence-corrected chi connectivity index (χ3v) is 1.53. The van der Waals surface area contributed by atoms with Crippen LogP contribution in [-0.2, 0) is 0 Å². The van der Waals surface area contributed by atoms with Crippen LogP contribution in [0.2, 0.25) is 0 Å². The van der Waals surface area contributed by atoms with Crippen molar-refractivity contribution in [3.63, 3.8) is 0 Å². The Labute approximate surface area is 62.7 Å². The Morgan fingerprint density at radius 3 is 2.50 bits per heavy atom. The van der Waals surface area contributed by atoms with Gasteiger partial charge in [-0.15, -0.1) is 0 Å². The normalized spacial score (nSPS) is 14.5. The first-order valence-corrected chi connectivity index (χ1v) is 3.70. The molecular formula is C7H17N3. The summed E-state index contributed by atoms with van der Waals surface area (Å²) in [6.07, 6.45) is 2.62. The highest BCUT2D eigenvalue weighted by Gasteiger charge is 2.06. The van der Waals surface area contributed by atoms with Gasteiger partial charge in [0.05, 0.1) is 12.4 Å². The zero-order valence-electron chi connectivity index (χ0n) is 6.96. The summed E-state index contributed by atoms with van der Waals surface area (Å²) in [7, 11) is 0. The molecule has 0 heterocycles. The van der Waals surface area contributed by atoms with Crippen molar-refractivity contribution in [3.8, 4) is 0 Å². The summed E-state index contributed by atoms with van der Waals surface area (Å²) in [6, 6.07) is 0.399. The Hall–Kier alpha value is -0.570. The molecule has 0 aliphatic carbocycles. The molecule has 1 unspecified atom stereocenters. The number of nitrogens with one attached hydrogen (secondary N) is 1. The summed E-state index contributed by atoms with van der Waals surface area (Å²) >= 11 is 0. The van der Waals surface area contributed by atoms with Gasteiger partial charge in [-0.25, -0.2) is 5.84 Å². The van der Waals surface area contributed by atoms with E-state index < -0.39 is 0 Å². The van der Waals surface area contributed by atoms with Crippen LogP contribution in [0.15, 0.2) is 4.99 Å². The highest BCUT2D eigenvalue weighted by Crippen LogP contribution is 2.08. The van der Waals surface area contributed by atoms with E-state index >= 15 is 0 Å². The molecule has 0 spiro atoms. The molecule has 1 atom stereocenters. The van der Waals surface area contributed by atoms with Gasteiger partial charge in [0, 0.05) is 0 Å². The van der Waals surface area contributed by atoms with Crippen molar-refractivity contribution in [2.75, 3.05) is 0 Å². The summed E-state index contributed by atoms with van der Waals surface area (Å²) in [4.78, 5) is 4.20. The van der Waals surface area contributed by atoms with Gasteiger partial charge in [-0.2, -0.15) is 0 Å². The minimum atomic E-state index is 0.399. The fourth-order valence-electron chi connectivity index (χ4n) is 0.888. The van der Waals surface area contributed by atoms with Crippen molar-refractivity contribution in [2.24, 2.45) is 16.8 Å². The van der Waals surface area contributed by atoms with Crippen molar-refractivity contribution in [2.45, 2.75) is 33.2 Å². The van der Waals surface area contributed by atoms with Gasteiger partial charge >= 0.3 is 0 Å². The summed E-state index contributed by atoms with van der Waals surface area (Å²) < 4.78 is 0. The van der Waals surface area contributed by atoms with E-state index in [0.29, 0.717) is 12.0 Å². The number of hydrogen-bond acceptors (Lipinski definition) is 2. The molecule has 3 N–H and O–H groups in total. The Morgan fingerprint density at radius 2 is 2.20 bits per heavy atom. The maximum absolute atomic E-state index is 5.03. The molecule has 3 heteroatoms. The van der Waals surface area contributed by atoms with Gasteiger partial charge < -0.3 is 5.43 Å². The van der Waals surface area contributed by atoms with Gasteiger partial charge in [0.1, 0.15) is 0 Å². The number of hydrogen-bond donors (Lipinski definition) is 2. The highest BCUT2D eigenvalue weighted by atomic mass is 15.2. The van der Waals surface area contributed by atoms with E-state index in [1.165, 1.54) is 0 Å². The summed E-state index contributed by atoms with van der Waals surface area (Å²) in [5.41, 5.74) is 2.40. The number of hydrazine groups is 1. The van der Waals surface area contributed by atoms with Crippen LogP contribution in [0.25, 0.3) is 0 Å². The lowest BCUT2D eigenvalue weighted by atomic mass is 10.0. The van der Waals surface area contributed by atoms with E-state index in [2.05, 4.69) is 31.2 Å². The van der Waals surface area contributed by atoms with Crippen molar-refractivity contribution in [1.29, 1.82) is 0 Å². The second kappa shape index (κ2) is 5.23. The van der Waals surface area contributed by atoms with Crippen molar-refractivity contribution in [3.05, 3.63) is 0 Å². The number of aliphatic imine (C=N–C) groups is 1. The lowest BCUT2D eigenvalue weighted by Gasteiger charge is -2.12. The van der Waals surface area contributed by atoms with E-state index in [9.17, 15) is 0 Å². The third kappa shape index (κ3) is 3.45. The van der Waals surface area contributed by atoms with Gasteiger partial charge in [-0.1, -0.05) is 20.8 Å². The van der Waals surface area contributed by atoms with Crippen molar-refractivity contribution < 1.29 is 0 Å². The van der Waals surface area contributed by atoms with E-state index in [0.717, 1.165) is 6.42 Å². The maximum Gasteiger partial charge on any atom is 0.0967 e. The van der Waals surface area contributed by atoms with Crippen LogP contribution in [0.1, 0.15) is 27.2 Å². The summed E-state index contributed by atoms with van der Waals surface area (Å²) in [5.74, 6) is 5.62. The van der Waals surface area contributed by atoms with Crippen molar-refractivity contribution >= 4 is 6.34 Å². The molecule has 0 aliphatic rings. The molecule has 60 valence electrons. The molecule has 0 bridgehead atoms. The molecule has 0 aromatic heterocycles. The van der Waals surface area contributed by atoms with Crippen LogP contribution < -0.4 is 11.3 Å². The van der Waals surface area contributed by atoms with Gasteiger partial charge in [-0.05, 0) is 12.3 Å². The summed E-state index contributed by atoms with van der Waals surface area (Å²) in [6.45, 7) is 6.43. The van der Waals surface area contributed by atoms with Gasteiger partial charge in [0.2, 0.25) is 0 Å². The third-order valence-electron chi connectivity index (χ3n) is 1.53. The predicted molar refractivity (Wildman–Crippen MR) is 44.7 cm³/mol. The first-order chi connectivity index (χ1) is 4.72. The Balaban J connectivity index is 3.71. The van der Waals surface area contributed by atoms with E-state index in [1.807, 2.05) is 0 Å². The summed E-state index contributed by atoms with van der Waals surface area (Å²) in [5, 5.41) is 0. The maximum atomic E-state index is 5.03. The van der Waals surface area contributed by atoms with Crippen LogP contribution >= 0.6 is 0 Å². The van der Waals surface area contributed by atoms with E-state index in [1.54, 1.807) is 6.34 Å². The quantitative estimate of drug-likeness (QED) is 0.266. The average molecular weight is 143 g/mol. The number of rotatable bonds is 4. The lowest BCUT2D eigenvalue weighted by Crippen LogP contribution is -2.22. The SMILES string of the molecule is CCC(N=CNN)C(C)C. The van der Waals surface area contributed by atoms with Crippen LogP contribution in [-0.4, -0.2) is 12.4 Å². The smallest absolute Gasteiger partial charge is 0.0967 e. The molecule has 0 amide bonds. The molecule has 0 aliphatic heterocycles. The molecule has 0 saturated heterocycles. The molecule has 10 heavy (non-hydrogen) atoms. The van der Waals surface area contributed by atoms with E-state index in [-0.39, 0.29) is 0 Å². The molecule has 0 saturated carbocycles. The molecular weight excluding hydrogens is 126 g/mol. The highest BCUT2D eigenvalue weighted by molar-refractivity contribution is 5.53. The van der Waals surface area contributed by atoms with Gasteiger partial charge in [0.25, 0.3) is 0 Å². The second-order valence-corrected chi connectivity index (χ2v) is 2.66. The molecule has 3 nitrogen and oxygen atoms in total. The van der Waals surface area contributed by atoms with Crippen LogP contribution in [0.4, 0.5) is 0 Å². The zero-order chi connectivity index (χ0) is 7.98. The molecule has 0 aromatic carbocycles. The lowest BCUT2D eigenvalue weighted by molar-refractivity contribution is 0.483. The van der Waals surface area contributed by atoms with Gasteiger partial charge in [0.15, 0.2) is 0 Å². The minimum absolute atomic E-state index is 0.399. The number of nitrogens with zero attached hydrogens (tertiary/aromatic N) is 1. The molecule has 0 aromatic rings. The first-order valence-electron chi connectivity index (χ1n) is 3.70. The standard InChI is InChI=1S/C7H17N3/c1-4-7(6(2)3)9-5-10-8/h5-7H,4,8H2,1-3H3,(H,9,10). The van der Waals surface area contributed by atoms with Crippen LogP contribution in [0.3, 0.4) is 0 Å². The Kier molecular flexibility index (Phi) is 4.94. The molecule has 0 radical (unpaired) electrons. The van der Waals surface area contributed by atoms with Crippen LogP contribution in [0.5, 0.6) is 0 Å². The minimum Gasteiger partial charge on any atom is -0.315 e. The number of nitrogens with two attached hydrogens (primary N) is 1. The second-order valence-electron chi connectivity index (χ2n) is 2.66. The average Bonchev–Trinajstić information content (AvgIpc) is 1.89. The first kappa shape index (κ1) is 9.43.